The smallest absolute Gasteiger partial charge is 0.00137 e. The minimum absolute atomic E-state index is 1.30. The predicted octanol–water partition coefficient (Wildman–Crippen LogP) is 13.2. The SMILES string of the molecule is Cc1c(C)c(C)c2cc3c4cc5cc6c(cc5cc4c4ccccc4c3cc2c1C)-c1ccc2ccc3cccc4cc-6c1c2c34. The Labute approximate surface area is 266 Å². The van der Waals surface area contributed by atoms with Crippen LogP contribution in [0.4, 0.5) is 0 Å². The third-order valence-electron chi connectivity index (χ3n) is 11.8. The van der Waals surface area contributed by atoms with Gasteiger partial charge in [0.15, 0.2) is 0 Å². The van der Waals surface area contributed by atoms with Gasteiger partial charge in [-0.1, -0.05) is 66.7 Å². The standard InChI is InChI=1S/C46H30/c1-23-24(2)26(4)36-22-42-39-19-31-20-40-38(18-30(31)17-37(39)32-10-5-6-11-33(32)41(42)21-35(36)25(23)3)34-15-14-28-13-12-27-8-7-9-29-16-43(40)46(34)45(28)44(27)29/h5-22H,1-4H3. The summed E-state index contributed by atoms with van der Waals surface area (Å²) in [6, 6.07) is 42.3. The van der Waals surface area contributed by atoms with Crippen LogP contribution in [0, 0.1) is 27.7 Å². The highest BCUT2D eigenvalue weighted by Crippen LogP contribution is 2.53. The molecule has 0 unspecified atom stereocenters. The van der Waals surface area contributed by atoms with Crippen molar-refractivity contribution in [3.05, 3.63) is 131 Å². The van der Waals surface area contributed by atoms with Crippen molar-refractivity contribution in [3.8, 4) is 22.3 Å². The number of hydrogen-bond acceptors (Lipinski definition) is 0. The van der Waals surface area contributed by atoms with Crippen LogP contribution in [0.25, 0.3) is 108 Å². The summed E-state index contributed by atoms with van der Waals surface area (Å²) in [5.74, 6) is 0. The molecular formula is C46H30. The maximum atomic E-state index is 2.49. The summed E-state index contributed by atoms with van der Waals surface area (Å²) in [6.45, 7) is 9.13. The van der Waals surface area contributed by atoms with Crippen molar-refractivity contribution in [3.63, 3.8) is 0 Å². The van der Waals surface area contributed by atoms with Crippen LogP contribution in [0.1, 0.15) is 22.3 Å². The lowest BCUT2D eigenvalue weighted by Crippen LogP contribution is -1.95. The maximum absolute atomic E-state index is 2.49. The molecule has 1 aliphatic rings. The molecule has 0 nitrogen and oxygen atoms in total. The Balaban J connectivity index is 1.29. The van der Waals surface area contributed by atoms with Crippen LogP contribution in [0.3, 0.4) is 0 Å². The van der Waals surface area contributed by atoms with E-state index in [0.29, 0.717) is 0 Å². The lowest BCUT2D eigenvalue weighted by Gasteiger charge is -2.18. The van der Waals surface area contributed by atoms with Crippen molar-refractivity contribution in [1.29, 1.82) is 0 Å². The summed E-state index contributed by atoms with van der Waals surface area (Å²) in [6.07, 6.45) is 0. The molecule has 0 heterocycles. The van der Waals surface area contributed by atoms with Gasteiger partial charge in [0.2, 0.25) is 0 Å². The van der Waals surface area contributed by atoms with Gasteiger partial charge in [0, 0.05) is 0 Å². The Kier molecular flexibility index (Phi) is 4.43. The Hall–Kier alpha value is -5.46. The fraction of sp³-hybridized carbons (Fsp3) is 0.0870. The minimum atomic E-state index is 1.30. The first-order valence-corrected chi connectivity index (χ1v) is 16.4. The average Bonchev–Trinajstić information content (AvgIpc) is 3.40. The molecule has 0 aromatic heterocycles. The molecular weight excluding hydrogens is 553 g/mol. The van der Waals surface area contributed by atoms with E-state index in [2.05, 4.69) is 137 Å². The van der Waals surface area contributed by atoms with Gasteiger partial charge in [0.25, 0.3) is 0 Å². The second-order valence-electron chi connectivity index (χ2n) is 13.8. The molecule has 0 amide bonds. The van der Waals surface area contributed by atoms with E-state index in [9.17, 15) is 0 Å². The zero-order chi connectivity index (χ0) is 30.6. The minimum Gasteiger partial charge on any atom is -0.0616 e. The van der Waals surface area contributed by atoms with Gasteiger partial charge < -0.3 is 0 Å². The van der Waals surface area contributed by atoms with Crippen molar-refractivity contribution >= 4 is 86.2 Å². The van der Waals surface area contributed by atoms with Crippen LogP contribution in [0.15, 0.2) is 109 Å². The fourth-order valence-corrected chi connectivity index (χ4v) is 9.11. The maximum Gasteiger partial charge on any atom is -0.00137 e. The topological polar surface area (TPSA) is 0 Å². The third kappa shape index (κ3) is 2.87. The number of hydrogen-bond donors (Lipinski definition) is 0. The molecule has 0 saturated heterocycles. The summed E-state index contributed by atoms with van der Waals surface area (Å²) in [4.78, 5) is 0. The Bertz CT molecular complexity index is 3040. The highest BCUT2D eigenvalue weighted by molar-refractivity contribution is 6.33. The Morgan fingerprint density at radius 3 is 1.43 bits per heavy atom. The van der Waals surface area contributed by atoms with E-state index in [-0.39, 0.29) is 0 Å². The summed E-state index contributed by atoms with van der Waals surface area (Å²) < 4.78 is 0. The van der Waals surface area contributed by atoms with Crippen LogP contribution in [0.2, 0.25) is 0 Å². The lowest BCUT2D eigenvalue weighted by atomic mass is 9.86. The third-order valence-corrected chi connectivity index (χ3v) is 11.8. The quantitative estimate of drug-likeness (QED) is 0.123. The van der Waals surface area contributed by atoms with Gasteiger partial charge in [-0.2, -0.15) is 0 Å². The van der Waals surface area contributed by atoms with Gasteiger partial charge in [0.1, 0.15) is 0 Å². The molecule has 10 aromatic carbocycles. The van der Waals surface area contributed by atoms with Gasteiger partial charge in [0.05, 0.1) is 0 Å². The van der Waals surface area contributed by atoms with Gasteiger partial charge in [-0.05, 0) is 201 Å². The molecule has 0 bridgehead atoms. The van der Waals surface area contributed by atoms with Crippen molar-refractivity contribution < 1.29 is 0 Å². The average molecular weight is 583 g/mol. The van der Waals surface area contributed by atoms with Gasteiger partial charge in [-0.3, -0.25) is 0 Å². The van der Waals surface area contributed by atoms with Crippen LogP contribution in [0.5, 0.6) is 0 Å². The highest BCUT2D eigenvalue weighted by Gasteiger charge is 2.25. The zero-order valence-electron chi connectivity index (χ0n) is 26.4. The Morgan fingerprint density at radius 2 is 0.761 bits per heavy atom. The first kappa shape index (κ1) is 24.8. The normalized spacial score (nSPS) is 12.8. The summed E-state index contributed by atoms with van der Waals surface area (Å²) >= 11 is 0. The molecule has 0 aliphatic heterocycles. The first-order valence-electron chi connectivity index (χ1n) is 16.4. The number of fused-ring (bicyclic) bond motifs is 11. The van der Waals surface area contributed by atoms with E-state index >= 15 is 0 Å². The van der Waals surface area contributed by atoms with Gasteiger partial charge in [-0.15, -0.1) is 0 Å². The van der Waals surface area contributed by atoms with Gasteiger partial charge >= 0.3 is 0 Å². The van der Waals surface area contributed by atoms with Crippen molar-refractivity contribution in [2.24, 2.45) is 0 Å². The van der Waals surface area contributed by atoms with Crippen LogP contribution >= 0.6 is 0 Å². The molecule has 0 N–H and O–H groups in total. The fourth-order valence-electron chi connectivity index (χ4n) is 9.11. The van der Waals surface area contributed by atoms with Crippen LogP contribution in [-0.4, -0.2) is 0 Å². The molecule has 0 saturated carbocycles. The second kappa shape index (κ2) is 8.22. The molecule has 214 valence electrons. The largest absolute Gasteiger partial charge is 0.0616 e. The summed E-state index contributed by atoms with van der Waals surface area (Å²) in [5, 5.41) is 21.6. The van der Waals surface area contributed by atoms with Crippen molar-refractivity contribution in [2.75, 3.05) is 0 Å². The molecule has 0 atom stereocenters. The molecule has 0 spiro atoms. The number of rotatable bonds is 0. The van der Waals surface area contributed by atoms with E-state index in [4.69, 9.17) is 0 Å². The summed E-state index contributed by atoms with van der Waals surface area (Å²) in [5.41, 5.74) is 11.0. The van der Waals surface area contributed by atoms with E-state index in [0.717, 1.165) is 0 Å². The van der Waals surface area contributed by atoms with Crippen LogP contribution < -0.4 is 0 Å². The van der Waals surface area contributed by atoms with E-state index in [1.165, 1.54) is 131 Å². The van der Waals surface area contributed by atoms with E-state index in [1.54, 1.807) is 0 Å². The summed E-state index contributed by atoms with van der Waals surface area (Å²) in [7, 11) is 0. The van der Waals surface area contributed by atoms with Crippen molar-refractivity contribution in [1.82, 2.24) is 0 Å². The Morgan fingerprint density at radius 1 is 0.261 bits per heavy atom. The molecule has 0 fully saturated rings. The first-order chi connectivity index (χ1) is 22.5. The molecule has 0 heteroatoms. The van der Waals surface area contributed by atoms with E-state index in [1.807, 2.05) is 0 Å². The van der Waals surface area contributed by atoms with E-state index < -0.39 is 0 Å². The lowest BCUT2D eigenvalue weighted by molar-refractivity contribution is 1.25. The molecule has 46 heavy (non-hydrogen) atoms. The molecule has 10 aromatic rings. The zero-order valence-corrected chi connectivity index (χ0v) is 26.4. The highest BCUT2D eigenvalue weighted by atomic mass is 14.3. The predicted molar refractivity (Wildman–Crippen MR) is 201 cm³/mol. The number of benzene rings is 10. The molecule has 1 aliphatic carbocycles. The van der Waals surface area contributed by atoms with Gasteiger partial charge in [-0.25, -0.2) is 0 Å². The van der Waals surface area contributed by atoms with Crippen molar-refractivity contribution in [2.45, 2.75) is 27.7 Å². The molecule has 0 radical (unpaired) electrons. The molecule has 11 rings (SSSR count). The second-order valence-corrected chi connectivity index (χ2v) is 13.8. The van der Waals surface area contributed by atoms with Crippen LogP contribution in [-0.2, 0) is 0 Å². The monoisotopic (exact) mass is 582 g/mol. The number of aryl methyl sites for hydroxylation is 2.